The standard InChI is InChI=1S/C15H20N10O4S/c1-2-30-12-9(11-17-7(3-5-26)20-24(11)23-12)19-15(16)10(13(28)29)22-25-14(15)18-8(21-25)4-6-27/h19,23,26-27H,2-6,16H2,1H3,(H,28,29). The van der Waals surface area contributed by atoms with Crippen molar-refractivity contribution < 1.29 is 20.1 Å². The molecule has 4 heterocycles. The van der Waals surface area contributed by atoms with E-state index in [2.05, 4.69) is 35.7 Å². The predicted molar refractivity (Wildman–Crippen MR) is 105 cm³/mol. The summed E-state index contributed by atoms with van der Waals surface area (Å²) in [5.41, 5.74) is 5.12. The number of carboxylic acid groups (broad SMARTS) is 1. The monoisotopic (exact) mass is 436 g/mol. The summed E-state index contributed by atoms with van der Waals surface area (Å²) >= 11 is 1.45. The van der Waals surface area contributed by atoms with Gasteiger partial charge in [0.15, 0.2) is 28.8 Å². The number of nitrogens with one attached hydrogen (secondary N) is 2. The second kappa shape index (κ2) is 7.67. The Morgan fingerprint density at radius 3 is 2.57 bits per heavy atom. The van der Waals surface area contributed by atoms with Crippen LogP contribution in [0.15, 0.2) is 10.1 Å². The van der Waals surface area contributed by atoms with Crippen molar-refractivity contribution in [1.29, 1.82) is 0 Å². The van der Waals surface area contributed by atoms with Gasteiger partial charge in [-0.1, -0.05) is 6.92 Å². The molecule has 14 nitrogen and oxygen atoms in total. The van der Waals surface area contributed by atoms with Gasteiger partial charge in [0.2, 0.25) is 5.66 Å². The maximum absolute atomic E-state index is 11.9. The number of aliphatic hydroxyl groups excluding tert-OH is 2. The highest BCUT2D eigenvalue weighted by atomic mass is 32.2. The Morgan fingerprint density at radius 2 is 1.93 bits per heavy atom. The second-order valence-corrected chi connectivity index (χ2v) is 7.66. The zero-order valence-corrected chi connectivity index (χ0v) is 16.7. The maximum Gasteiger partial charge on any atom is 0.356 e. The summed E-state index contributed by atoms with van der Waals surface area (Å²) in [6.45, 7) is 1.67. The number of rotatable bonds is 9. The molecule has 0 aliphatic carbocycles. The van der Waals surface area contributed by atoms with Gasteiger partial charge >= 0.3 is 5.97 Å². The zero-order valence-electron chi connectivity index (χ0n) is 15.9. The molecule has 0 saturated carbocycles. The number of nitrogens with zero attached hydrogens (tertiary/aromatic N) is 7. The van der Waals surface area contributed by atoms with Crippen molar-refractivity contribution in [3.63, 3.8) is 0 Å². The van der Waals surface area contributed by atoms with Crippen LogP contribution in [-0.4, -0.2) is 80.7 Å². The number of hydrogen-bond acceptors (Lipinski definition) is 11. The highest BCUT2D eigenvalue weighted by molar-refractivity contribution is 7.99. The summed E-state index contributed by atoms with van der Waals surface area (Å²) < 4.78 is 1.43. The van der Waals surface area contributed by atoms with Crippen molar-refractivity contribution in [2.75, 3.05) is 24.3 Å². The number of carbonyl (C=O) groups is 1. The van der Waals surface area contributed by atoms with Crippen molar-refractivity contribution in [1.82, 2.24) is 34.7 Å². The Hall–Kier alpha value is -3.01. The minimum atomic E-state index is -1.80. The first-order chi connectivity index (χ1) is 14.4. The van der Waals surface area contributed by atoms with E-state index in [0.717, 1.165) is 10.5 Å². The highest BCUT2D eigenvalue weighted by Crippen LogP contribution is 2.35. The van der Waals surface area contributed by atoms with E-state index in [0.29, 0.717) is 22.2 Å². The van der Waals surface area contributed by atoms with E-state index in [1.54, 1.807) is 0 Å². The highest BCUT2D eigenvalue weighted by Gasteiger charge is 2.49. The van der Waals surface area contributed by atoms with Gasteiger partial charge in [-0.2, -0.15) is 4.63 Å². The first kappa shape index (κ1) is 20.3. The summed E-state index contributed by atoms with van der Waals surface area (Å²) in [5, 5.41) is 47.1. The number of thioether (sulfide) groups is 1. The van der Waals surface area contributed by atoms with Crippen LogP contribution in [0.25, 0.3) is 5.65 Å². The number of anilines is 1. The molecule has 0 spiro atoms. The summed E-state index contributed by atoms with van der Waals surface area (Å²) in [6, 6.07) is 0. The quantitative estimate of drug-likeness (QED) is 0.166. The Balaban J connectivity index is 1.82. The van der Waals surface area contributed by atoms with E-state index in [1.165, 1.54) is 16.4 Å². The number of aromatic amines is 1. The van der Waals surface area contributed by atoms with Crippen molar-refractivity contribution >= 4 is 34.8 Å². The summed E-state index contributed by atoms with van der Waals surface area (Å²) in [4.78, 5) is 21.6. The number of hydrogen-bond donors (Lipinski definition) is 6. The molecule has 0 aromatic carbocycles. The van der Waals surface area contributed by atoms with Gasteiger partial charge in [0.05, 0.1) is 13.2 Å². The molecule has 0 radical (unpaired) electrons. The molecular weight excluding hydrogens is 416 g/mol. The molecule has 30 heavy (non-hydrogen) atoms. The Bertz CT molecular complexity index is 1130. The minimum absolute atomic E-state index is 0.0743. The molecule has 3 aromatic rings. The molecular formula is C15H20N10O4S. The van der Waals surface area contributed by atoms with Crippen molar-refractivity contribution in [2.24, 2.45) is 10.8 Å². The van der Waals surface area contributed by atoms with E-state index in [1.807, 2.05) is 6.92 Å². The predicted octanol–water partition coefficient (Wildman–Crippen LogP) is -1.64. The van der Waals surface area contributed by atoms with Crippen LogP contribution in [0.2, 0.25) is 0 Å². The average Bonchev–Trinajstić information content (AvgIpc) is 3.40. The lowest BCUT2D eigenvalue weighted by molar-refractivity contribution is -0.129. The molecule has 7 N–H and O–H groups in total. The number of H-pyrrole nitrogens is 1. The second-order valence-electron chi connectivity index (χ2n) is 6.39. The third-order valence-corrected chi connectivity index (χ3v) is 5.22. The van der Waals surface area contributed by atoms with Crippen LogP contribution in [0.4, 0.5) is 5.69 Å². The Kier molecular flexibility index (Phi) is 5.19. The maximum atomic E-state index is 11.9. The molecule has 160 valence electrons. The topological polar surface area (TPSA) is 205 Å². The lowest BCUT2D eigenvalue weighted by Gasteiger charge is -2.24. The van der Waals surface area contributed by atoms with E-state index in [4.69, 9.17) is 15.9 Å². The molecule has 4 rings (SSSR count). The number of nitrogens with two attached hydrogens (primary N) is 1. The zero-order chi connectivity index (χ0) is 21.5. The van der Waals surface area contributed by atoms with Gasteiger partial charge in [0.1, 0.15) is 10.7 Å². The van der Waals surface area contributed by atoms with Crippen LogP contribution in [-0.2, 0) is 23.3 Å². The van der Waals surface area contributed by atoms with Gasteiger partial charge in [-0.15, -0.1) is 31.9 Å². The van der Waals surface area contributed by atoms with E-state index < -0.39 is 17.3 Å². The van der Waals surface area contributed by atoms with Gasteiger partial charge in [0.25, 0.3) is 0 Å². The fraction of sp³-hybridized carbons (Fsp3) is 0.467. The van der Waals surface area contributed by atoms with Gasteiger partial charge < -0.3 is 20.6 Å². The van der Waals surface area contributed by atoms with Gasteiger partial charge in [-0.3, -0.25) is 10.8 Å². The van der Waals surface area contributed by atoms with Crippen LogP contribution in [0.5, 0.6) is 0 Å². The molecule has 0 saturated heterocycles. The van der Waals surface area contributed by atoms with E-state index in [-0.39, 0.29) is 37.7 Å². The molecule has 1 aliphatic heterocycles. The van der Waals surface area contributed by atoms with E-state index in [9.17, 15) is 9.90 Å². The molecule has 15 heteroatoms. The largest absolute Gasteiger partial charge is 0.477 e. The summed E-state index contributed by atoms with van der Waals surface area (Å²) in [6.07, 6.45) is 0.438. The number of aromatic nitrogens is 7. The minimum Gasteiger partial charge on any atom is -0.477 e. The van der Waals surface area contributed by atoms with Gasteiger partial charge in [0, 0.05) is 12.8 Å². The molecule has 3 aromatic heterocycles. The van der Waals surface area contributed by atoms with Crippen molar-refractivity contribution in [3.8, 4) is 0 Å². The normalized spacial score (nSPS) is 18.1. The fourth-order valence-corrected chi connectivity index (χ4v) is 3.81. The van der Waals surface area contributed by atoms with E-state index >= 15 is 0 Å². The van der Waals surface area contributed by atoms with Gasteiger partial charge in [-0.05, 0) is 5.75 Å². The number of fused-ring (bicyclic) bond motifs is 2. The lowest BCUT2D eigenvalue weighted by Crippen LogP contribution is -2.53. The number of aliphatic carboxylic acids is 1. The number of aliphatic hydroxyl groups is 2. The molecule has 0 amide bonds. The van der Waals surface area contributed by atoms with Crippen molar-refractivity contribution in [2.45, 2.75) is 30.5 Å². The summed E-state index contributed by atoms with van der Waals surface area (Å²) in [5.74, 6) is 0.158. The van der Waals surface area contributed by atoms with Crippen LogP contribution in [0.3, 0.4) is 0 Å². The Labute approximate surface area is 173 Å². The third kappa shape index (κ3) is 3.20. The molecule has 1 atom stereocenters. The fourth-order valence-electron chi connectivity index (χ4n) is 3.09. The Morgan fingerprint density at radius 1 is 1.23 bits per heavy atom. The molecule has 0 fully saturated rings. The molecule has 0 bridgehead atoms. The third-order valence-electron chi connectivity index (χ3n) is 4.35. The summed E-state index contributed by atoms with van der Waals surface area (Å²) in [7, 11) is 0. The van der Waals surface area contributed by atoms with Crippen LogP contribution in [0, 0.1) is 0 Å². The first-order valence-electron chi connectivity index (χ1n) is 9.09. The van der Waals surface area contributed by atoms with Crippen molar-refractivity contribution in [3.05, 3.63) is 17.5 Å². The number of carboxylic acids is 1. The smallest absolute Gasteiger partial charge is 0.356 e. The average molecular weight is 436 g/mol. The molecule has 1 unspecified atom stereocenters. The lowest BCUT2D eigenvalue weighted by atomic mass is 10.0. The van der Waals surface area contributed by atoms with Crippen LogP contribution < -0.4 is 11.1 Å². The first-order valence-corrected chi connectivity index (χ1v) is 10.1. The molecule has 1 aliphatic rings. The van der Waals surface area contributed by atoms with Crippen LogP contribution in [0.1, 0.15) is 24.4 Å². The van der Waals surface area contributed by atoms with Gasteiger partial charge in [-0.25, -0.2) is 14.8 Å². The van der Waals surface area contributed by atoms with Crippen LogP contribution >= 0.6 is 11.8 Å². The SMILES string of the molecule is CCSc1[nH]n2nc(CCO)nc2c1NC1(N)C(C(=O)O)=Nn2nc(CCO)nc21.